The highest BCUT2D eigenvalue weighted by atomic mass is 35.5. The minimum Gasteiger partial charge on any atom is -0.465 e. The zero-order chi connectivity index (χ0) is 27.9. The van der Waals surface area contributed by atoms with E-state index in [2.05, 4.69) is 15.7 Å². The number of nitrogens with one attached hydrogen (secondary N) is 2. The summed E-state index contributed by atoms with van der Waals surface area (Å²) in [5.41, 5.74) is 0.259. The standard InChI is InChI=1S/C23H19Cl2F3N4O5S/c1-9-17(21(34)36-2)20(38-18(9)22(35)37-3)30-19(33)14-8-16-29-13(10-4-5-11(24)12(25)6-10)7-15(23(26,27)28)32(16)31-14/h4-6,8,13,15,29H,7H2,1-3H3,(H,30,33)/t13-,15+/m0/s1. The Bertz CT molecular complexity index is 1440. The summed E-state index contributed by atoms with van der Waals surface area (Å²) < 4.78 is 52.2. The SMILES string of the molecule is COC(=O)c1sc(NC(=O)c2cc3n(n2)[C@@H](C(F)(F)F)C[C@@H](c2ccc(Cl)c(Cl)c2)N3)c(C(=O)OC)c1C. The number of carbonyl (C=O) groups excluding carboxylic acids is 3. The second-order valence-corrected chi connectivity index (χ2v) is 10.1. The number of hydrogen-bond acceptors (Lipinski definition) is 8. The first-order valence-corrected chi connectivity index (χ1v) is 12.4. The Balaban J connectivity index is 1.69. The predicted molar refractivity (Wildman–Crippen MR) is 134 cm³/mol. The molecule has 3 aromatic rings. The molecular formula is C23H19Cl2F3N4O5S. The minimum absolute atomic E-state index is 0.0419. The Morgan fingerprint density at radius 1 is 1.13 bits per heavy atom. The molecule has 2 N–H and O–H groups in total. The highest BCUT2D eigenvalue weighted by Gasteiger charge is 2.47. The third-order valence-corrected chi connectivity index (χ3v) is 7.83. The van der Waals surface area contributed by atoms with Crippen molar-refractivity contribution < 1.29 is 37.0 Å². The molecule has 0 saturated heterocycles. The number of aromatic nitrogens is 2. The fourth-order valence-electron chi connectivity index (χ4n) is 4.04. The molecule has 0 aliphatic carbocycles. The number of nitrogens with zero attached hydrogens (tertiary/aromatic N) is 2. The van der Waals surface area contributed by atoms with Crippen molar-refractivity contribution >= 4 is 63.2 Å². The molecular weight excluding hydrogens is 572 g/mol. The van der Waals surface area contributed by atoms with E-state index in [0.29, 0.717) is 10.2 Å². The van der Waals surface area contributed by atoms with E-state index in [1.807, 2.05) is 0 Å². The van der Waals surface area contributed by atoms with Gasteiger partial charge in [-0.05, 0) is 30.2 Å². The lowest BCUT2D eigenvalue weighted by atomic mass is 9.97. The summed E-state index contributed by atoms with van der Waals surface area (Å²) in [7, 11) is 2.28. The van der Waals surface area contributed by atoms with E-state index < -0.39 is 42.5 Å². The van der Waals surface area contributed by atoms with Gasteiger partial charge in [0.1, 0.15) is 15.7 Å². The van der Waals surface area contributed by atoms with Gasteiger partial charge in [-0.15, -0.1) is 11.3 Å². The topological polar surface area (TPSA) is 112 Å². The molecule has 2 atom stereocenters. The Kier molecular flexibility index (Phi) is 7.64. The van der Waals surface area contributed by atoms with Gasteiger partial charge in [0.15, 0.2) is 11.7 Å². The van der Waals surface area contributed by atoms with Gasteiger partial charge in [-0.2, -0.15) is 18.3 Å². The Morgan fingerprint density at radius 3 is 2.42 bits per heavy atom. The summed E-state index contributed by atoms with van der Waals surface area (Å²) >= 11 is 12.8. The van der Waals surface area contributed by atoms with Crippen molar-refractivity contribution in [2.75, 3.05) is 24.9 Å². The van der Waals surface area contributed by atoms with Gasteiger partial charge >= 0.3 is 18.1 Å². The van der Waals surface area contributed by atoms with Crippen molar-refractivity contribution in [1.29, 1.82) is 0 Å². The Labute approximate surface area is 227 Å². The van der Waals surface area contributed by atoms with Crippen LogP contribution in [-0.4, -0.2) is 48.0 Å². The summed E-state index contributed by atoms with van der Waals surface area (Å²) in [6.07, 6.45) is -5.10. The number of esters is 2. The monoisotopic (exact) mass is 590 g/mol. The molecule has 0 unspecified atom stereocenters. The molecule has 1 amide bonds. The lowest BCUT2D eigenvalue weighted by Crippen LogP contribution is -2.35. The van der Waals surface area contributed by atoms with E-state index >= 15 is 0 Å². The molecule has 0 spiro atoms. The molecule has 1 aromatic carbocycles. The van der Waals surface area contributed by atoms with Crippen molar-refractivity contribution in [3.8, 4) is 0 Å². The number of carbonyl (C=O) groups is 3. The molecule has 15 heteroatoms. The first-order chi connectivity index (χ1) is 17.8. The number of anilines is 2. The lowest BCUT2D eigenvalue weighted by molar-refractivity contribution is -0.173. The second-order valence-electron chi connectivity index (χ2n) is 8.22. The van der Waals surface area contributed by atoms with Crippen LogP contribution in [0.15, 0.2) is 24.3 Å². The van der Waals surface area contributed by atoms with Crippen LogP contribution in [0.3, 0.4) is 0 Å². The number of halogens is 5. The number of hydrogen-bond donors (Lipinski definition) is 2. The van der Waals surface area contributed by atoms with E-state index in [4.69, 9.17) is 32.7 Å². The highest BCUT2D eigenvalue weighted by molar-refractivity contribution is 7.18. The highest BCUT2D eigenvalue weighted by Crippen LogP contribution is 2.44. The van der Waals surface area contributed by atoms with Gasteiger partial charge in [0.2, 0.25) is 0 Å². The molecule has 0 radical (unpaired) electrons. The number of alkyl halides is 3. The van der Waals surface area contributed by atoms with Crippen LogP contribution < -0.4 is 10.6 Å². The van der Waals surface area contributed by atoms with E-state index in [-0.39, 0.29) is 42.6 Å². The van der Waals surface area contributed by atoms with Crippen LogP contribution in [0.4, 0.5) is 24.0 Å². The maximum atomic E-state index is 14.0. The number of fused-ring (bicyclic) bond motifs is 1. The van der Waals surface area contributed by atoms with Gasteiger partial charge in [-0.3, -0.25) is 4.79 Å². The van der Waals surface area contributed by atoms with Gasteiger partial charge in [0.05, 0.1) is 35.9 Å². The van der Waals surface area contributed by atoms with Gasteiger partial charge in [-0.25, -0.2) is 14.3 Å². The predicted octanol–water partition coefficient (Wildman–Crippen LogP) is 6.05. The summed E-state index contributed by atoms with van der Waals surface area (Å²) in [5.74, 6) is -2.51. The summed E-state index contributed by atoms with van der Waals surface area (Å²) in [6, 6.07) is 2.84. The molecule has 0 bridgehead atoms. The minimum atomic E-state index is -4.68. The Morgan fingerprint density at radius 2 is 1.82 bits per heavy atom. The van der Waals surface area contributed by atoms with Crippen molar-refractivity contribution in [2.24, 2.45) is 0 Å². The van der Waals surface area contributed by atoms with Crippen LogP contribution in [0.25, 0.3) is 0 Å². The van der Waals surface area contributed by atoms with Gasteiger partial charge in [0, 0.05) is 12.5 Å². The molecule has 2 aromatic heterocycles. The smallest absolute Gasteiger partial charge is 0.410 e. The lowest BCUT2D eigenvalue weighted by Gasteiger charge is -2.33. The van der Waals surface area contributed by atoms with E-state index in [0.717, 1.165) is 31.6 Å². The molecule has 1 aliphatic heterocycles. The van der Waals surface area contributed by atoms with Crippen molar-refractivity contribution in [3.05, 3.63) is 61.6 Å². The second kappa shape index (κ2) is 10.5. The number of thiophene rings is 1. The Hall–Kier alpha value is -3.29. The third kappa shape index (κ3) is 5.18. The fourth-order valence-corrected chi connectivity index (χ4v) is 5.45. The molecule has 0 saturated carbocycles. The molecule has 0 fully saturated rings. The summed E-state index contributed by atoms with van der Waals surface area (Å²) in [5, 5.41) is 9.72. The summed E-state index contributed by atoms with van der Waals surface area (Å²) in [4.78, 5) is 37.5. The van der Waals surface area contributed by atoms with E-state index in [9.17, 15) is 27.6 Å². The number of amides is 1. The maximum absolute atomic E-state index is 14.0. The average Bonchev–Trinajstić information content (AvgIpc) is 3.44. The average molecular weight is 591 g/mol. The normalized spacial score (nSPS) is 16.8. The summed E-state index contributed by atoms with van der Waals surface area (Å²) in [6.45, 7) is 1.47. The van der Waals surface area contributed by atoms with Crippen molar-refractivity contribution in [3.63, 3.8) is 0 Å². The first kappa shape index (κ1) is 27.7. The van der Waals surface area contributed by atoms with Crippen LogP contribution in [0.2, 0.25) is 10.0 Å². The maximum Gasteiger partial charge on any atom is 0.410 e. The van der Waals surface area contributed by atoms with Crippen molar-refractivity contribution in [2.45, 2.75) is 31.6 Å². The number of benzene rings is 1. The first-order valence-electron chi connectivity index (χ1n) is 10.8. The molecule has 1 aliphatic rings. The fraction of sp³-hybridized carbons (Fsp3) is 0.304. The van der Waals surface area contributed by atoms with Crippen LogP contribution in [-0.2, 0) is 9.47 Å². The molecule has 3 heterocycles. The van der Waals surface area contributed by atoms with Crippen molar-refractivity contribution in [1.82, 2.24) is 9.78 Å². The van der Waals surface area contributed by atoms with Crippen LogP contribution in [0.5, 0.6) is 0 Å². The van der Waals surface area contributed by atoms with Gasteiger partial charge in [0.25, 0.3) is 5.91 Å². The third-order valence-electron chi connectivity index (χ3n) is 5.90. The number of methoxy groups -OCH3 is 2. The van der Waals surface area contributed by atoms with Crippen LogP contribution in [0, 0.1) is 6.92 Å². The van der Waals surface area contributed by atoms with E-state index in [1.165, 1.54) is 19.1 Å². The van der Waals surface area contributed by atoms with Gasteiger partial charge < -0.3 is 20.1 Å². The number of ether oxygens (including phenoxy) is 2. The molecule has 38 heavy (non-hydrogen) atoms. The molecule has 4 rings (SSSR count). The number of rotatable bonds is 5. The molecule has 9 nitrogen and oxygen atoms in total. The zero-order valence-electron chi connectivity index (χ0n) is 19.9. The molecule has 202 valence electrons. The van der Waals surface area contributed by atoms with Crippen LogP contribution in [0.1, 0.15) is 60.1 Å². The van der Waals surface area contributed by atoms with E-state index in [1.54, 1.807) is 6.07 Å². The largest absolute Gasteiger partial charge is 0.465 e. The van der Waals surface area contributed by atoms with Gasteiger partial charge in [-0.1, -0.05) is 29.3 Å². The quantitative estimate of drug-likeness (QED) is 0.348. The zero-order valence-corrected chi connectivity index (χ0v) is 22.2. The van der Waals surface area contributed by atoms with Crippen LogP contribution >= 0.6 is 34.5 Å².